The summed E-state index contributed by atoms with van der Waals surface area (Å²) in [7, 11) is 1.83. The van der Waals surface area contributed by atoms with Gasteiger partial charge in [0.2, 0.25) is 0 Å². The minimum absolute atomic E-state index is 0.448. The molecule has 4 nitrogen and oxygen atoms in total. The number of hydrogen-bond donors (Lipinski definition) is 1. The fourth-order valence-electron chi connectivity index (χ4n) is 1.98. The van der Waals surface area contributed by atoms with Gasteiger partial charge in [0.05, 0.1) is 11.6 Å². The van der Waals surface area contributed by atoms with Crippen molar-refractivity contribution in [2.45, 2.75) is 12.8 Å². The Morgan fingerprint density at radius 1 is 1.32 bits per heavy atom. The van der Waals surface area contributed by atoms with E-state index < -0.39 is 11.9 Å². The van der Waals surface area contributed by atoms with Crippen LogP contribution in [0.5, 0.6) is 0 Å². The van der Waals surface area contributed by atoms with Crippen LogP contribution in [0, 0.1) is 5.92 Å². The van der Waals surface area contributed by atoms with Crippen molar-refractivity contribution in [3.05, 3.63) is 52.3 Å². The average Bonchev–Trinajstić information content (AvgIpc) is 2.76. The van der Waals surface area contributed by atoms with E-state index in [0.29, 0.717) is 12.8 Å². The van der Waals surface area contributed by atoms with Crippen LogP contribution in [0.25, 0.3) is 0 Å². The second kappa shape index (κ2) is 6.02. The van der Waals surface area contributed by atoms with E-state index in [9.17, 15) is 9.90 Å². The topological polar surface area (TPSA) is 55.1 Å². The number of carboxylic acid groups (broad SMARTS) is 1. The van der Waals surface area contributed by atoms with Gasteiger partial charge in [-0.15, -0.1) is 0 Å². The van der Waals surface area contributed by atoms with Gasteiger partial charge >= 0.3 is 5.97 Å². The highest BCUT2D eigenvalue weighted by atomic mass is 79.9. The summed E-state index contributed by atoms with van der Waals surface area (Å²) in [4.78, 5) is 11.3. The van der Waals surface area contributed by atoms with E-state index >= 15 is 0 Å². The zero-order valence-corrected chi connectivity index (χ0v) is 12.2. The highest BCUT2D eigenvalue weighted by molar-refractivity contribution is 9.10. The number of aryl methyl sites for hydroxylation is 1. The maximum absolute atomic E-state index is 11.3. The van der Waals surface area contributed by atoms with Crippen LogP contribution in [-0.4, -0.2) is 20.9 Å². The van der Waals surface area contributed by atoms with Gasteiger partial charge in [0.15, 0.2) is 0 Å². The largest absolute Gasteiger partial charge is 0.481 e. The Hall–Kier alpha value is -1.62. The van der Waals surface area contributed by atoms with Crippen LogP contribution in [-0.2, 0) is 24.7 Å². The molecule has 5 heteroatoms. The number of rotatable bonds is 5. The lowest BCUT2D eigenvalue weighted by molar-refractivity contribution is -0.141. The predicted molar refractivity (Wildman–Crippen MR) is 75.9 cm³/mol. The van der Waals surface area contributed by atoms with E-state index in [-0.39, 0.29) is 0 Å². The van der Waals surface area contributed by atoms with Crippen LogP contribution in [0.4, 0.5) is 0 Å². The van der Waals surface area contributed by atoms with Crippen molar-refractivity contribution in [1.82, 2.24) is 9.78 Å². The molecule has 1 aromatic heterocycles. The first-order valence-corrected chi connectivity index (χ1v) is 6.79. The molecule has 19 heavy (non-hydrogen) atoms. The molecule has 0 radical (unpaired) electrons. The summed E-state index contributed by atoms with van der Waals surface area (Å²) in [6, 6.07) is 9.60. The van der Waals surface area contributed by atoms with E-state index in [1.807, 2.05) is 43.6 Å². The second-order valence-corrected chi connectivity index (χ2v) is 5.47. The molecule has 0 aliphatic carbocycles. The molecule has 2 rings (SSSR count). The number of halogens is 1. The Labute approximate surface area is 120 Å². The van der Waals surface area contributed by atoms with Crippen molar-refractivity contribution >= 4 is 21.9 Å². The molecular formula is C14H15BrN2O2. The lowest BCUT2D eigenvalue weighted by Crippen LogP contribution is -2.19. The predicted octanol–water partition coefficient (Wildman–Crippen LogP) is 2.67. The fraction of sp³-hybridized carbons (Fsp3) is 0.286. The van der Waals surface area contributed by atoms with Crippen molar-refractivity contribution in [3.63, 3.8) is 0 Å². The van der Waals surface area contributed by atoms with Crippen LogP contribution < -0.4 is 0 Å². The summed E-state index contributed by atoms with van der Waals surface area (Å²) in [5, 5.41) is 13.5. The van der Waals surface area contributed by atoms with Gasteiger partial charge in [-0.1, -0.05) is 28.1 Å². The summed E-state index contributed by atoms with van der Waals surface area (Å²) < 4.78 is 2.68. The second-order valence-electron chi connectivity index (χ2n) is 4.55. The lowest BCUT2D eigenvalue weighted by Gasteiger charge is -2.11. The third-order valence-corrected chi connectivity index (χ3v) is 3.50. The molecule has 0 fully saturated rings. The molecule has 1 heterocycles. The summed E-state index contributed by atoms with van der Waals surface area (Å²) in [6.45, 7) is 0. The summed E-state index contributed by atoms with van der Waals surface area (Å²) in [5.41, 5.74) is 1.83. The quantitative estimate of drug-likeness (QED) is 0.920. The highest BCUT2D eigenvalue weighted by Crippen LogP contribution is 2.17. The van der Waals surface area contributed by atoms with Gasteiger partial charge in [-0.3, -0.25) is 9.48 Å². The number of carbonyl (C=O) groups is 1. The van der Waals surface area contributed by atoms with E-state index in [4.69, 9.17) is 0 Å². The van der Waals surface area contributed by atoms with Crippen molar-refractivity contribution in [2.24, 2.45) is 13.0 Å². The number of carboxylic acids is 1. The van der Waals surface area contributed by atoms with Crippen molar-refractivity contribution in [1.29, 1.82) is 0 Å². The molecule has 0 aliphatic heterocycles. The van der Waals surface area contributed by atoms with Gasteiger partial charge in [-0.2, -0.15) is 5.10 Å². The van der Waals surface area contributed by atoms with Gasteiger partial charge in [-0.05, 0) is 30.2 Å². The first-order chi connectivity index (χ1) is 9.04. The van der Waals surface area contributed by atoms with Crippen LogP contribution >= 0.6 is 15.9 Å². The summed E-state index contributed by atoms with van der Waals surface area (Å²) in [5.74, 6) is -1.23. The zero-order chi connectivity index (χ0) is 13.8. The number of hydrogen-bond acceptors (Lipinski definition) is 2. The Kier molecular flexibility index (Phi) is 4.37. The van der Waals surface area contributed by atoms with Crippen LogP contribution in [0.1, 0.15) is 11.3 Å². The Morgan fingerprint density at radius 2 is 2.00 bits per heavy atom. The number of benzene rings is 1. The van der Waals surface area contributed by atoms with E-state index in [1.165, 1.54) is 0 Å². The molecule has 2 aromatic rings. The summed E-state index contributed by atoms with van der Waals surface area (Å²) >= 11 is 3.37. The molecular weight excluding hydrogens is 308 g/mol. The number of nitrogens with zero attached hydrogens (tertiary/aromatic N) is 2. The van der Waals surface area contributed by atoms with Crippen LogP contribution in [0.3, 0.4) is 0 Å². The third-order valence-electron chi connectivity index (χ3n) is 2.97. The number of aromatic nitrogens is 2. The molecule has 100 valence electrons. The van der Waals surface area contributed by atoms with Gasteiger partial charge in [0.25, 0.3) is 0 Å². The molecule has 1 atom stereocenters. The SMILES string of the molecule is Cn1ccc(CC(Cc2ccc(Br)cc2)C(=O)O)n1. The van der Waals surface area contributed by atoms with Crippen LogP contribution in [0.2, 0.25) is 0 Å². The standard InChI is InChI=1S/C14H15BrN2O2/c1-17-7-6-13(16-17)9-11(14(18)19)8-10-2-4-12(15)5-3-10/h2-7,11H,8-9H2,1H3,(H,18,19). The average molecular weight is 323 g/mol. The number of aliphatic carboxylic acids is 1. The molecule has 0 amide bonds. The van der Waals surface area contributed by atoms with Gasteiger partial charge in [0.1, 0.15) is 0 Å². The zero-order valence-electron chi connectivity index (χ0n) is 10.6. The lowest BCUT2D eigenvalue weighted by atomic mass is 9.95. The molecule has 0 spiro atoms. The Balaban J connectivity index is 2.08. The molecule has 0 saturated heterocycles. The normalized spacial score (nSPS) is 12.3. The molecule has 1 unspecified atom stereocenters. The van der Waals surface area contributed by atoms with Gasteiger partial charge in [0, 0.05) is 24.1 Å². The Morgan fingerprint density at radius 3 is 2.53 bits per heavy atom. The van der Waals surface area contributed by atoms with E-state index in [0.717, 1.165) is 15.7 Å². The highest BCUT2D eigenvalue weighted by Gasteiger charge is 2.19. The molecule has 1 N–H and O–H groups in total. The molecule has 1 aromatic carbocycles. The summed E-state index contributed by atoms with van der Waals surface area (Å²) in [6.07, 6.45) is 2.79. The maximum Gasteiger partial charge on any atom is 0.307 e. The van der Waals surface area contributed by atoms with Gasteiger partial charge < -0.3 is 5.11 Å². The van der Waals surface area contributed by atoms with E-state index in [1.54, 1.807) is 4.68 Å². The van der Waals surface area contributed by atoms with E-state index in [2.05, 4.69) is 21.0 Å². The third kappa shape index (κ3) is 3.92. The monoisotopic (exact) mass is 322 g/mol. The van der Waals surface area contributed by atoms with Crippen molar-refractivity contribution < 1.29 is 9.90 Å². The fourth-order valence-corrected chi connectivity index (χ4v) is 2.24. The van der Waals surface area contributed by atoms with Crippen molar-refractivity contribution in [3.8, 4) is 0 Å². The Bertz CT molecular complexity index is 563. The van der Waals surface area contributed by atoms with Gasteiger partial charge in [-0.25, -0.2) is 0 Å². The smallest absolute Gasteiger partial charge is 0.307 e. The molecule has 0 aliphatic rings. The maximum atomic E-state index is 11.3. The first kappa shape index (κ1) is 13.8. The minimum Gasteiger partial charge on any atom is -0.481 e. The van der Waals surface area contributed by atoms with Crippen LogP contribution in [0.15, 0.2) is 41.0 Å². The van der Waals surface area contributed by atoms with Crippen molar-refractivity contribution in [2.75, 3.05) is 0 Å². The molecule has 0 saturated carbocycles. The molecule has 0 bridgehead atoms. The first-order valence-electron chi connectivity index (χ1n) is 6.00. The minimum atomic E-state index is -0.784.